The maximum Gasteiger partial charge on any atom is 0.405 e. The van der Waals surface area contributed by atoms with E-state index in [0.29, 0.717) is 5.69 Å². The van der Waals surface area contributed by atoms with Crippen molar-refractivity contribution in [1.29, 1.82) is 0 Å². The second-order valence-electron chi connectivity index (χ2n) is 2.66. The number of rotatable bonds is 2. The van der Waals surface area contributed by atoms with Gasteiger partial charge in [-0.3, -0.25) is 4.98 Å². The van der Waals surface area contributed by atoms with Gasteiger partial charge in [0.25, 0.3) is 0 Å². The van der Waals surface area contributed by atoms with Crippen LogP contribution in [0.25, 0.3) is 0 Å². The van der Waals surface area contributed by atoms with Gasteiger partial charge in [-0.05, 0) is 19.1 Å². The highest BCUT2D eigenvalue weighted by molar-refractivity contribution is 5.40. The Kier molecular flexibility index (Phi) is 2.75. The summed E-state index contributed by atoms with van der Waals surface area (Å²) >= 11 is 0. The third-order valence-electron chi connectivity index (χ3n) is 1.40. The predicted molar refractivity (Wildman–Crippen MR) is 43.5 cm³/mol. The highest BCUT2D eigenvalue weighted by Crippen LogP contribution is 2.15. The van der Waals surface area contributed by atoms with E-state index < -0.39 is 12.7 Å². The van der Waals surface area contributed by atoms with E-state index in [0.717, 1.165) is 5.69 Å². The van der Waals surface area contributed by atoms with Crippen molar-refractivity contribution in [1.82, 2.24) is 4.98 Å². The van der Waals surface area contributed by atoms with E-state index in [2.05, 4.69) is 10.3 Å². The number of anilines is 1. The van der Waals surface area contributed by atoms with Crippen LogP contribution < -0.4 is 5.32 Å². The molecule has 0 atom stereocenters. The molecule has 0 unspecified atom stereocenters. The molecule has 1 aromatic rings. The highest BCUT2D eigenvalue weighted by atomic mass is 19.4. The van der Waals surface area contributed by atoms with E-state index in [1.165, 1.54) is 6.20 Å². The molecule has 0 aliphatic carbocycles. The minimum Gasteiger partial charge on any atom is -0.375 e. The Labute approximate surface area is 73.8 Å². The Morgan fingerprint density at radius 1 is 1.38 bits per heavy atom. The van der Waals surface area contributed by atoms with Gasteiger partial charge in [0.2, 0.25) is 0 Å². The Bertz CT molecular complexity index is 266. The number of pyridine rings is 1. The van der Waals surface area contributed by atoms with Gasteiger partial charge in [-0.1, -0.05) is 0 Å². The number of alkyl halides is 3. The number of halogens is 3. The molecule has 1 rings (SSSR count). The zero-order chi connectivity index (χ0) is 9.90. The molecule has 0 aliphatic heterocycles. The first-order valence-electron chi connectivity index (χ1n) is 3.71. The van der Waals surface area contributed by atoms with Crippen LogP contribution in [0.2, 0.25) is 0 Å². The lowest BCUT2D eigenvalue weighted by atomic mass is 10.3. The largest absolute Gasteiger partial charge is 0.405 e. The van der Waals surface area contributed by atoms with Crippen molar-refractivity contribution < 1.29 is 13.2 Å². The van der Waals surface area contributed by atoms with E-state index >= 15 is 0 Å². The van der Waals surface area contributed by atoms with Crippen molar-refractivity contribution in [3.63, 3.8) is 0 Å². The number of aryl methyl sites for hydroxylation is 1. The molecule has 1 heterocycles. The van der Waals surface area contributed by atoms with Crippen LogP contribution in [0.1, 0.15) is 5.69 Å². The van der Waals surface area contributed by atoms with Gasteiger partial charge >= 0.3 is 6.18 Å². The van der Waals surface area contributed by atoms with Crippen molar-refractivity contribution in [2.45, 2.75) is 13.1 Å². The molecule has 0 radical (unpaired) electrons. The molecule has 1 aromatic heterocycles. The van der Waals surface area contributed by atoms with Crippen molar-refractivity contribution in [2.24, 2.45) is 0 Å². The molecular weight excluding hydrogens is 181 g/mol. The number of aromatic nitrogens is 1. The molecule has 0 bridgehead atoms. The van der Waals surface area contributed by atoms with E-state index in [1.807, 2.05) is 0 Å². The minimum atomic E-state index is -4.19. The monoisotopic (exact) mass is 190 g/mol. The van der Waals surface area contributed by atoms with Crippen molar-refractivity contribution in [3.8, 4) is 0 Å². The van der Waals surface area contributed by atoms with Gasteiger partial charge < -0.3 is 5.32 Å². The quantitative estimate of drug-likeness (QED) is 0.774. The van der Waals surface area contributed by atoms with Crippen LogP contribution in [0, 0.1) is 6.92 Å². The van der Waals surface area contributed by atoms with E-state index in [1.54, 1.807) is 19.1 Å². The van der Waals surface area contributed by atoms with Gasteiger partial charge in [0.1, 0.15) is 6.54 Å². The number of nitrogens with zero attached hydrogens (tertiary/aromatic N) is 1. The van der Waals surface area contributed by atoms with Crippen LogP contribution in [0.15, 0.2) is 18.3 Å². The fourth-order valence-electron chi connectivity index (χ4n) is 0.775. The van der Waals surface area contributed by atoms with Gasteiger partial charge in [-0.2, -0.15) is 13.2 Å². The Morgan fingerprint density at radius 3 is 2.54 bits per heavy atom. The molecule has 13 heavy (non-hydrogen) atoms. The molecule has 0 spiro atoms. The number of nitrogens with one attached hydrogen (secondary N) is 1. The number of hydrogen-bond donors (Lipinski definition) is 1. The molecule has 2 nitrogen and oxygen atoms in total. The third kappa shape index (κ3) is 3.78. The SMILES string of the molecule is Cc1ccc(NCC(F)(F)F)cn1. The fraction of sp³-hybridized carbons (Fsp3) is 0.375. The summed E-state index contributed by atoms with van der Waals surface area (Å²) in [6.07, 6.45) is -2.81. The van der Waals surface area contributed by atoms with Crippen LogP contribution in [0.3, 0.4) is 0 Å². The molecule has 0 aromatic carbocycles. The van der Waals surface area contributed by atoms with Crippen LogP contribution in [-0.2, 0) is 0 Å². The summed E-state index contributed by atoms with van der Waals surface area (Å²) in [5.74, 6) is 0. The van der Waals surface area contributed by atoms with Gasteiger partial charge in [0.05, 0.1) is 11.9 Å². The maximum atomic E-state index is 11.7. The van der Waals surface area contributed by atoms with Crippen molar-refractivity contribution in [2.75, 3.05) is 11.9 Å². The second kappa shape index (κ2) is 3.64. The number of hydrogen-bond acceptors (Lipinski definition) is 2. The minimum absolute atomic E-state index is 0.378. The summed E-state index contributed by atoms with van der Waals surface area (Å²) in [7, 11) is 0. The third-order valence-corrected chi connectivity index (χ3v) is 1.40. The fourth-order valence-corrected chi connectivity index (χ4v) is 0.775. The molecule has 72 valence electrons. The Morgan fingerprint density at radius 2 is 2.08 bits per heavy atom. The molecular formula is C8H9F3N2. The summed E-state index contributed by atoms with van der Waals surface area (Å²) in [6, 6.07) is 3.22. The zero-order valence-corrected chi connectivity index (χ0v) is 7.02. The smallest absolute Gasteiger partial charge is 0.375 e. The van der Waals surface area contributed by atoms with Gasteiger partial charge in [0, 0.05) is 5.69 Å². The molecule has 0 saturated carbocycles. The summed E-state index contributed by atoms with van der Waals surface area (Å²) in [5.41, 5.74) is 1.15. The summed E-state index contributed by atoms with van der Waals surface area (Å²) < 4.78 is 35.2. The van der Waals surface area contributed by atoms with Crippen LogP contribution in [-0.4, -0.2) is 17.7 Å². The first-order chi connectivity index (χ1) is 5.97. The van der Waals surface area contributed by atoms with E-state index in [-0.39, 0.29) is 0 Å². The second-order valence-corrected chi connectivity index (χ2v) is 2.66. The first-order valence-corrected chi connectivity index (χ1v) is 3.71. The van der Waals surface area contributed by atoms with Gasteiger partial charge in [-0.25, -0.2) is 0 Å². The maximum absolute atomic E-state index is 11.7. The lowest BCUT2D eigenvalue weighted by Crippen LogP contribution is -2.21. The Hall–Kier alpha value is -1.26. The average molecular weight is 190 g/mol. The molecule has 0 aliphatic rings. The molecule has 0 saturated heterocycles. The predicted octanol–water partition coefficient (Wildman–Crippen LogP) is 2.36. The van der Waals surface area contributed by atoms with E-state index in [4.69, 9.17) is 0 Å². The van der Waals surface area contributed by atoms with Crippen LogP contribution in [0.5, 0.6) is 0 Å². The average Bonchev–Trinajstić information content (AvgIpc) is 2.02. The lowest BCUT2D eigenvalue weighted by molar-refractivity contribution is -0.115. The highest BCUT2D eigenvalue weighted by Gasteiger charge is 2.26. The first kappa shape index (κ1) is 9.83. The standard InChI is InChI=1S/C8H9F3N2/c1-6-2-3-7(4-12-6)13-5-8(9,10)11/h2-4,13H,5H2,1H3. The topological polar surface area (TPSA) is 24.9 Å². The Balaban J connectivity index is 2.51. The van der Waals surface area contributed by atoms with Crippen molar-refractivity contribution >= 4 is 5.69 Å². The van der Waals surface area contributed by atoms with Crippen LogP contribution in [0.4, 0.5) is 18.9 Å². The summed E-state index contributed by atoms with van der Waals surface area (Å²) in [6.45, 7) is 0.741. The molecule has 0 amide bonds. The normalized spacial score (nSPS) is 11.4. The summed E-state index contributed by atoms with van der Waals surface area (Å²) in [5, 5.41) is 2.22. The van der Waals surface area contributed by atoms with E-state index in [9.17, 15) is 13.2 Å². The molecule has 1 N–H and O–H groups in total. The van der Waals surface area contributed by atoms with Crippen molar-refractivity contribution in [3.05, 3.63) is 24.0 Å². The van der Waals surface area contributed by atoms with Gasteiger partial charge in [-0.15, -0.1) is 0 Å². The van der Waals surface area contributed by atoms with Gasteiger partial charge in [0.15, 0.2) is 0 Å². The lowest BCUT2D eigenvalue weighted by Gasteiger charge is -2.08. The molecule has 5 heteroatoms. The molecule has 0 fully saturated rings. The van der Waals surface area contributed by atoms with Crippen LogP contribution >= 0.6 is 0 Å². The summed E-state index contributed by atoms with van der Waals surface area (Å²) in [4.78, 5) is 3.85. The zero-order valence-electron chi connectivity index (χ0n) is 7.02.